The van der Waals surface area contributed by atoms with E-state index in [4.69, 9.17) is 5.26 Å². The van der Waals surface area contributed by atoms with E-state index in [0.717, 1.165) is 12.0 Å². The van der Waals surface area contributed by atoms with Crippen LogP contribution in [0.4, 0.5) is 5.95 Å². The molecule has 114 valence electrons. The molecule has 2 heterocycles. The number of aliphatic imine (C=N–C) groups is 1. The molecular weight excluding hydrogens is 292 g/mol. The second-order valence-electron chi connectivity index (χ2n) is 4.99. The molecule has 0 spiro atoms. The fraction of sp³-hybridized carbons (Fsp3) is 0.188. The zero-order valence-corrected chi connectivity index (χ0v) is 12.3. The highest BCUT2D eigenvalue weighted by Crippen LogP contribution is 2.06. The maximum Gasteiger partial charge on any atom is 0.247 e. The molecule has 0 radical (unpaired) electrons. The summed E-state index contributed by atoms with van der Waals surface area (Å²) < 4.78 is 0. The van der Waals surface area contributed by atoms with Gasteiger partial charge in [0, 0.05) is 18.9 Å². The standard InChI is InChI=1S/C16H14N6O/c17-7-12-3-1-11(2-4-12)5-6-18-16-20-8-13(9-21-16)15-19-10-14(23)22-15/h1-4,8-9H,5-6,10H2,(H,18,20,21)(H,19,22,23). The molecule has 1 aliphatic rings. The van der Waals surface area contributed by atoms with Gasteiger partial charge in [0.25, 0.3) is 0 Å². The van der Waals surface area contributed by atoms with Crippen LogP contribution in [0.25, 0.3) is 0 Å². The number of hydrogen-bond acceptors (Lipinski definition) is 6. The Hall–Kier alpha value is -3.27. The van der Waals surface area contributed by atoms with Crippen molar-refractivity contribution in [3.63, 3.8) is 0 Å². The van der Waals surface area contributed by atoms with Crippen molar-refractivity contribution in [2.45, 2.75) is 6.42 Å². The van der Waals surface area contributed by atoms with Crippen LogP contribution in [-0.2, 0) is 11.2 Å². The third-order valence-corrected chi connectivity index (χ3v) is 3.34. The zero-order valence-electron chi connectivity index (χ0n) is 12.3. The minimum atomic E-state index is -0.121. The molecule has 0 atom stereocenters. The number of anilines is 1. The Bertz CT molecular complexity index is 774. The number of rotatable bonds is 5. The number of aromatic nitrogens is 2. The first-order valence-corrected chi connectivity index (χ1v) is 7.14. The first-order chi connectivity index (χ1) is 11.2. The number of carbonyl (C=O) groups is 1. The maximum atomic E-state index is 11.1. The lowest BCUT2D eigenvalue weighted by atomic mass is 10.1. The molecule has 0 fully saturated rings. The van der Waals surface area contributed by atoms with Crippen molar-refractivity contribution in [3.05, 3.63) is 53.3 Å². The van der Waals surface area contributed by atoms with E-state index in [1.807, 2.05) is 12.1 Å². The van der Waals surface area contributed by atoms with Crippen LogP contribution in [0.1, 0.15) is 16.7 Å². The fourth-order valence-electron chi connectivity index (χ4n) is 2.13. The number of nitriles is 1. The van der Waals surface area contributed by atoms with Crippen LogP contribution in [0.5, 0.6) is 0 Å². The summed E-state index contributed by atoms with van der Waals surface area (Å²) in [5.41, 5.74) is 2.48. The van der Waals surface area contributed by atoms with Crippen LogP contribution in [0.2, 0.25) is 0 Å². The molecule has 1 amide bonds. The average molecular weight is 306 g/mol. The number of benzene rings is 1. The molecule has 0 aliphatic carbocycles. The summed E-state index contributed by atoms with van der Waals surface area (Å²) in [6.07, 6.45) is 4.06. The number of amides is 1. The SMILES string of the molecule is N#Cc1ccc(CCNc2ncc(C3=NCC(=O)N3)cn2)cc1. The molecule has 1 aliphatic heterocycles. The summed E-state index contributed by atoms with van der Waals surface area (Å²) >= 11 is 0. The first-order valence-electron chi connectivity index (χ1n) is 7.14. The van der Waals surface area contributed by atoms with E-state index in [1.165, 1.54) is 0 Å². The van der Waals surface area contributed by atoms with Gasteiger partial charge in [-0.25, -0.2) is 9.97 Å². The highest BCUT2D eigenvalue weighted by molar-refractivity contribution is 6.12. The van der Waals surface area contributed by atoms with Gasteiger partial charge in [0.1, 0.15) is 12.4 Å². The lowest BCUT2D eigenvalue weighted by Gasteiger charge is -2.06. The Kier molecular flexibility index (Phi) is 4.25. The molecule has 3 rings (SSSR count). The second kappa shape index (κ2) is 6.66. The van der Waals surface area contributed by atoms with Crippen molar-refractivity contribution in [1.29, 1.82) is 5.26 Å². The number of nitrogens with one attached hydrogen (secondary N) is 2. The molecule has 23 heavy (non-hydrogen) atoms. The molecule has 0 saturated heterocycles. The molecular formula is C16H14N6O. The quantitative estimate of drug-likeness (QED) is 0.853. The lowest BCUT2D eigenvalue weighted by molar-refractivity contribution is -0.117. The Balaban J connectivity index is 1.52. The van der Waals surface area contributed by atoms with Crippen molar-refractivity contribution < 1.29 is 4.79 Å². The van der Waals surface area contributed by atoms with Gasteiger partial charge >= 0.3 is 0 Å². The van der Waals surface area contributed by atoms with Crippen LogP contribution in [0, 0.1) is 11.3 Å². The minimum Gasteiger partial charge on any atom is -0.354 e. The number of amidine groups is 1. The van der Waals surface area contributed by atoms with Gasteiger partial charge in [0.2, 0.25) is 11.9 Å². The lowest BCUT2D eigenvalue weighted by Crippen LogP contribution is -2.25. The predicted molar refractivity (Wildman–Crippen MR) is 84.9 cm³/mol. The highest BCUT2D eigenvalue weighted by atomic mass is 16.2. The van der Waals surface area contributed by atoms with Gasteiger partial charge < -0.3 is 10.6 Å². The van der Waals surface area contributed by atoms with Crippen molar-refractivity contribution in [2.75, 3.05) is 18.4 Å². The van der Waals surface area contributed by atoms with E-state index in [2.05, 4.69) is 31.7 Å². The summed E-state index contributed by atoms with van der Waals surface area (Å²) in [6, 6.07) is 9.57. The molecule has 1 aromatic carbocycles. The number of carbonyl (C=O) groups excluding carboxylic acids is 1. The maximum absolute atomic E-state index is 11.1. The van der Waals surface area contributed by atoms with Gasteiger partial charge in [-0.05, 0) is 24.1 Å². The molecule has 2 aromatic rings. The Morgan fingerprint density at radius 2 is 1.96 bits per heavy atom. The van der Waals surface area contributed by atoms with Crippen LogP contribution in [-0.4, -0.2) is 34.8 Å². The molecule has 0 bridgehead atoms. The van der Waals surface area contributed by atoms with Crippen molar-refractivity contribution in [1.82, 2.24) is 15.3 Å². The Labute approximate surface area is 133 Å². The summed E-state index contributed by atoms with van der Waals surface area (Å²) in [6.45, 7) is 0.836. The van der Waals surface area contributed by atoms with Crippen molar-refractivity contribution >= 4 is 17.7 Å². The molecule has 0 unspecified atom stereocenters. The summed E-state index contributed by atoms with van der Waals surface area (Å²) in [5, 5.41) is 14.5. The van der Waals surface area contributed by atoms with E-state index < -0.39 is 0 Å². The first kappa shape index (κ1) is 14.7. The molecule has 7 heteroatoms. The molecule has 7 nitrogen and oxygen atoms in total. The Morgan fingerprint density at radius 1 is 1.22 bits per heavy atom. The summed E-state index contributed by atoms with van der Waals surface area (Å²) in [4.78, 5) is 23.6. The van der Waals surface area contributed by atoms with Crippen LogP contribution >= 0.6 is 0 Å². The molecule has 1 aromatic heterocycles. The largest absolute Gasteiger partial charge is 0.354 e. The monoisotopic (exact) mass is 306 g/mol. The van der Waals surface area contributed by atoms with E-state index in [9.17, 15) is 4.79 Å². The smallest absolute Gasteiger partial charge is 0.247 e. The normalized spacial score (nSPS) is 13.2. The highest BCUT2D eigenvalue weighted by Gasteiger charge is 2.15. The van der Waals surface area contributed by atoms with E-state index in [-0.39, 0.29) is 12.5 Å². The van der Waals surface area contributed by atoms with E-state index in [0.29, 0.717) is 29.5 Å². The zero-order chi connectivity index (χ0) is 16.1. The third kappa shape index (κ3) is 3.68. The Morgan fingerprint density at radius 3 is 2.57 bits per heavy atom. The summed E-state index contributed by atoms with van der Waals surface area (Å²) in [7, 11) is 0. The molecule has 2 N–H and O–H groups in total. The average Bonchev–Trinajstić information content (AvgIpc) is 3.03. The predicted octanol–water partition coefficient (Wildman–Crippen LogP) is 0.879. The van der Waals surface area contributed by atoms with Gasteiger partial charge in [0.05, 0.1) is 17.2 Å². The van der Waals surface area contributed by atoms with Crippen LogP contribution < -0.4 is 10.6 Å². The summed E-state index contributed by atoms with van der Waals surface area (Å²) in [5.74, 6) is 0.913. The van der Waals surface area contributed by atoms with Crippen LogP contribution in [0.3, 0.4) is 0 Å². The van der Waals surface area contributed by atoms with Gasteiger partial charge in [-0.2, -0.15) is 5.26 Å². The van der Waals surface area contributed by atoms with Crippen molar-refractivity contribution in [2.24, 2.45) is 4.99 Å². The minimum absolute atomic E-state index is 0.121. The fourth-order valence-corrected chi connectivity index (χ4v) is 2.13. The van der Waals surface area contributed by atoms with Crippen molar-refractivity contribution in [3.8, 4) is 6.07 Å². The third-order valence-electron chi connectivity index (χ3n) is 3.34. The van der Waals surface area contributed by atoms with E-state index >= 15 is 0 Å². The van der Waals surface area contributed by atoms with Gasteiger partial charge in [0.15, 0.2) is 0 Å². The number of hydrogen-bond donors (Lipinski definition) is 2. The topological polar surface area (TPSA) is 103 Å². The molecule has 0 saturated carbocycles. The van der Waals surface area contributed by atoms with E-state index in [1.54, 1.807) is 24.5 Å². The van der Waals surface area contributed by atoms with Gasteiger partial charge in [-0.1, -0.05) is 12.1 Å². The van der Waals surface area contributed by atoms with Gasteiger partial charge in [-0.15, -0.1) is 0 Å². The second-order valence-corrected chi connectivity index (χ2v) is 4.99. The number of nitrogens with zero attached hydrogens (tertiary/aromatic N) is 4. The van der Waals surface area contributed by atoms with Crippen LogP contribution in [0.15, 0.2) is 41.7 Å². The van der Waals surface area contributed by atoms with Gasteiger partial charge in [-0.3, -0.25) is 9.79 Å².